The van der Waals surface area contributed by atoms with E-state index in [-0.39, 0.29) is 19.4 Å². The Bertz CT molecular complexity index is 1510. The van der Waals surface area contributed by atoms with Crippen LogP contribution in [0.4, 0.5) is 0 Å². The Morgan fingerprint density at radius 3 is 1.45 bits per heavy atom. The van der Waals surface area contributed by atoms with E-state index in [1.807, 2.05) is 12.2 Å². The highest BCUT2D eigenvalue weighted by Crippen LogP contribution is 2.26. The van der Waals surface area contributed by atoms with Crippen molar-refractivity contribution in [3.05, 3.63) is 72.9 Å². The summed E-state index contributed by atoms with van der Waals surface area (Å²) >= 11 is 0. The highest BCUT2D eigenvalue weighted by atomic mass is 16.7. The second-order valence-electron chi connectivity index (χ2n) is 18.7. The Labute approximate surface area is 425 Å². The minimum Gasteiger partial charge on any atom is -0.462 e. The fraction of sp³-hybridized carbons (Fsp3) is 0.750. The zero-order valence-electron chi connectivity index (χ0n) is 43.2. The van der Waals surface area contributed by atoms with Crippen LogP contribution in [0.5, 0.6) is 0 Å². The molecule has 0 aliphatic carbocycles. The molecule has 71 heavy (non-hydrogen) atoms. The lowest BCUT2D eigenvalue weighted by molar-refractivity contribution is -0.332. The lowest BCUT2D eigenvalue weighted by Crippen LogP contribution is -2.61. The Morgan fingerprint density at radius 1 is 0.465 bits per heavy atom. The summed E-state index contributed by atoms with van der Waals surface area (Å²) in [7, 11) is 0. The van der Waals surface area contributed by atoms with Gasteiger partial charge in [0.2, 0.25) is 0 Å². The minimum atomic E-state index is -1.78. The molecule has 0 aromatic heterocycles. The van der Waals surface area contributed by atoms with E-state index in [1.54, 1.807) is 0 Å². The molecule has 11 atom stereocenters. The van der Waals surface area contributed by atoms with Gasteiger partial charge >= 0.3 is 11.9 Å². The first-order chi connectivity index (χ1) is 34.5. The van der Waals surface area contributed by atoms with Gasteiger partial charge in [-0.05, 0) is 70.6 Å². The van der Waals surface area contributed by atoms with Crippen molar-refractivity contribution in [1.29, 1.82) is 0 Å². The lowest BCUT2D eigenvalue weighted by atomic mass is 9.98. The van der Waals surface area contributed by atoms with E-state index in [1.165, 1.54) is 64.2 Å². The highest BCUT2D eigenvalue weighted by Gasteiger charge is 2.47. The van der Waals surface area contributed by atoms with Gasteiger partial charge in [-0.2, -0.15) is 0 Å². The number of hydrogen-bond acceptors (Lipinski definition) is 15. The summed E-state index contributed by atoms with van der Waals surface area (Å²) < 4.78 is 33.5. The van der Waals surface area contributed by atoms with E-state index in [0.29, 0.717) is 12.8 Å². The Morgan fingerprint density at radius 2 is 0.915 bits per heavy atom. The van der Waals surface area contributed by atoms with Crippen molar-refractivity contribution >= 4 is 11.9 Å². The number of esters is 2. The van der Waals surface area contributed by atoms with Gasteiger partial charge in [-0.3, -0.25) is 9.59 Å². The maximum Gasteiger partial charge on any atom is 0.306 e. The number of allylic oxidation sites excluding steroid dienone is 12. The zero-order chi connectivity index (χ0) is 51.7. The fourth-order valence-corrected chi connectivity index (χ4v) is 8.02. The first-order valence-electron chi connectivity index (χ1n) is 27.0. The van der Waals surface area contributed by atoms with Crippen molar-refractivity contribution in [1.82, 2.24) is 0 Å². The predicted molar refractivity (Wildman–Crippen MR) is 275 cm³/mol. The minimum absolute atomic E-state index is 0.0548. The number of carbonyl (C=O) groups excluding carboxylic acids is 2. The molecule has 0 amide bonds. The summed E-state index contributed by atoms with van der Waals surface area (Å²) in [6.45, 7) is 2.39. The van der Waals surface area contributed by atoms with Gasteiger partial charge in [0.1, 0.15) is 55.4 Å². The van der Waals surface area contributed by atoms with Gasteiger partial charge in [0.05, 0.1) is 19.8 Å². The molecule has 408 valence electrons. The number of rotatable bonds is 41. The third-order valence-electron chi connectivity index (χ3n) is 12.4. The molecule has 0 spiro atoms. The van der Waals surface area contributed by atoms with Crippen molar-refractivity contribution in [3.8, 4) is 0 Å². The molecule has 2 saturated heterocycles. The van der Waals surface area contributed by atoms with E-state index in [0.717, 1.165) is 70.6 Å². The first-order valence-corrected chi connectivity index (χ1v) is 27.0. The van der Waals surface area contributed by atoms with E-state index in [4.69, 9.17) is 28.4 Å². The molecule has 2 rings (SSSR count). The zero-order valence-corrected chi connectivity index (χ0v) is 43.2. The number of aliphatic hydroxyl groups is 7. The standard InChI is InChI=1S/C56H94O15/c1-3-5-7-9-11-13-15-17-18-19-20-21-22-23-24-25-27-28-30-32-34-36-38-47(58)66-41-44(69-48(59)39-37-35-33-31-29-26-16-14-12-10-8-6-4-2)42-67-55-54(65)52(63)50(61)46(71-55)43-68-56-53(64)51(62)49(60)45(40-57)70-56/h5,7,11,13,17-18,20-21,26,29,33,35,44-46,49-57,60-65H,3-4,6,8-10,12,14-16,19,22-25,27-28,30-32,34,36-43H2,1-2H3/b7-5+,13-11+,18-17+,21-20+,29-26+,35-33+/t44?,45-,46-,49+,50+,51?,52?,53?,54?,55-,56-/m1/s1. The van der Waals surface area contributed by atoms with Crippen LogP contribution in [0, 0.1) is 0 Å². The van der Waals surface area contributed by atoms with Gasteiger partial charge in [-0.1, -0.05) is 164 Å². The monoisotopic (exact) mass is 1010 g/mol. The average molecular weight is 1010 g/mol. The number of unbranched alkanes of at least 4 members (excludes halogenated alkanes) is 15. The highest BCUT2D eigenvalue weighted by molar-refractivity contribution is 5.70. The van der Waals surface area contributed by atoms with Crippen molar-refractivity contribution in [2.45, 2.75) is 242 Å². The topological polar surface area (TPSA) is 231 Å². The Balaban J connectivity index is 1.78. The van der Waals surface area contributed by atoms with Crippen molar-refractivity contribution in [3.63, 3.8) is 0 Å². The van der Waals surface area contributed by atoms with Crippen molar-refractivity contribution < 1.29 is 73.8 Å². The van der Waals surface area contributed by atoms with E-state index in [9.17, 15) is 45.3 Å². The summed E-state index contributed by atoms with van der Waals surface area (Å²) in [4.78, 5) is 25.8. The second kappa shape index (κ2) is 42.3. The van der Waals surface area contributed by atoms with Crippen LogP contribution in [0.1, 0.15) is 174 Å². The summed E-state index contributed by atoms with van der Waals surface area (Å²) in [5.41, 5.74) is 0. The third-order valence-corrected chi connectivity index (χ3v) is 12.4. The second-order valence-corrected chi connectivity index (χ2v) is 18.7. The van der Waals surface area contributed by atoms with Crippen molar-refractivity contribution in [2.24, 2.45) is 0 Å². The molecule has 2 aliphatic heterocycles. The molecule has 5 unspecified atom stereocenters. The van der Waals surface area contributed by atoms with Crippen LogP contribution < -0.4 is 0 Å². The molecule has 2 heterocycles. The number of ether oxygens (including phenoxy) is 6. The quantitative estimate of drug-likeness (QED) is 0.0174. The maximum atomic E-state index is 13.0. The van der Waals surface area contributed by atoms with Gasteiger partial charge in [0, 0.05) is 12.8 Å². The molecular formula is C56H94O15. The SMILES string of the molecule is CC/C=C/C/C=C/C/C=C/C/C=C/CCCCCCCCCCCC(=O)OCC(CO[C@@H]1O[C@H](CO[C@@H]2O[C@H](CO)[C@H](O)C(O)C2O)[C@H](O)C(O)C1O)OC(=O)CC/C=C/C/C=C/CCCCCCCC. The number of hydrogen-bond donors (Lipinski definition) is 7. The van der Waals surface area contributed by atoms with Crippen LogP contribution in [0.25, 0.3) is 0 Å². The molecule has 0 bridgehead atoms. The molecule has 15 nitrogen and oxygen atoms in total. The molecule has 0 aromatic carbocycles. The largest absolute Gasteiger partial charge is 0.462 e. The average Bonchev–Trinajstić information content (AvgIpc) is 3.36. The maximum absolute atomic E-state index is 13.0. The van der Waals surface area contributed by atoms with Crippen LogP contribution in [-0.2, 0) is 38.0 Å². The fourth-order valence-electron chi connectivity index (χ4n) is 8.02. The van der Waals surface area contributed by atoms with Crippen LogP contribution in [0.3, 0.4) is 0 Å². The van der Waals surface area contributed by atoms with Crippen LogP contribution in [-0.4, -0.2) is 142 Å². The van der Waals surface area contributed by atoms with Gasteiger partial charge in [0.15, 0.2) is 18.7 Å². The van der Waals surface area contributed by atoms with E-state index >= 15 is 0 Å². The van der Waals surface area contributed by atoms with Gasteiger partial charge in [-0.25, -0.2) is 0 Å². The van der Waals surface area contributed by atoms with Crippen LogP contribution in [0.15, 0.2) is 72.9 Å². The summed E-state index contributed by atoms with van der Waals surface area (Å²) in [6.07, 6.45) is 33.7. The summed E-state index contributed by atoms with van der Waals surface area (Å²) in [6, 6.07) is 0. The first kappa shape index (κ1) is 64.1. The smallest absolute Gasteiger partial charge is 0.306 e. The van der Waals surface area contributed by atoms with Gasteiger partial charge < -0.3 is 64.2 Å². The molecule has 0 radical (unpaired) electrons. The molecule has 7 N–H and O–H groups in total. The Hall–Kier alpha value is -3.06. The summed E-state index contributed by atoms with van der Waals surface area (Å²) in [5.74, 6) is -1.01. The molecule has 0 saturated carbocycles. The van der Waals surface area contributed by atoms with Crippen molar-refractivity contribution in [2.75, 3.05) is 26.4 Å². The Kier molecular flexibility index (Phi) is 38.2. The predicted octanol–water partition coefficient (Wildman–Crippen LogP) is 8.21. The van der Waals surface area contributed by atoms with E-state index < -0.39 is 99.3 Å². The van der Waals surface area contributed by atoms with Gasteiger partial charge in [-0.15, -0.1) is 0 Å². The lowest BCUT2D eigenvalue weighted by Gasteiger charge is -2.42. The molecule has 2 aliphatic rings. The van der Waals surface area contributed by atoms with Crippen LogP contribution in [0.2, 0.25) is 0 Å². The third kappa shape index (κ3) is 30.0. The normalized spacial score (nSPS) is 25.8. The molecule has 15 heteroatoms. The molecule has 0 aromatic rings. The van der Waals surface area contributed by atoms with E-state index in [2.05, 4.69) is 74.6 Å². The summed E-state index contributed by atoms with van der Waals surface area (Å²) in [5, 5.41) is 72.1. The van der Waals surface area contributed by atoms with Gasteiger partial charge in [0.25, 0.3) is 0 Å². The number of carbonyl (C=O) groups is 2. The molecular weight excluding hydrogens is 913 g/mol. The number of aliphatic hydroxyl groups excluding tert-OH is 7. The van der Waals surface area contributed by atoms with Crippen LogP contribution >= 0.6 is 0 Å². The molecule has 2 fully saturated rings.